The van der Waals surface area contributed by atoms with Crippen LogP contribution in [0.15, 0.2) is 65.5 Å². The van der Waals surface area contributed by atoms with Crippen LogP contribution in [-0.2, 0) is 17.9 Å². The molecule has 0 aliphatic carbocycles. The molecule has 0 bridgehead atoms. The molecule has 0 saturated heterocycles. The van der Waals surface area contributed by atoms with Crippen molar-refractivity contribution < 1.29 is 9.53 Å². The van der Waals surface area contributed by atoms with Crippen molar-refractivity contribution in [3.63, 3.8) is 0 Å². The summed E-state index contributed by atoms with van der Waals surface area (Å²) in [7, 11) is 1.60. The van der Waals surface area contributed by atoms with Crippen LogP contribution in [0.5, 0.6) is 5.75 Å². The van der Waals surface area contributed by atoms with Crippen LogP contribution in [0.1, 0.15) is 18.1 Å². The second kappa shape index (κ2) is 10.6. The summed E-state index contributed by atoms with van der Waals surface area (Å²) < 4.78 is 6.89. The average molecular weight is 491 g/mol. The van der Waals surface area contributed by atoms with Gasteiger partial charge >= 0.3 is 0 Å². The highest BCUT2D eigenvalue weighted by Crippen LogP contribution is 2.23. The van der Waals surface area contributed by atoms with E-state index in [2.05, 4.69) is 15.6 Å². The molecule has 3 aromatic carbocycles. The molecule has 7 nitrogen and oxygen atoms in total. The van der Waals surface area contributed by atoms with E-state index in [-0.39, 0.29) is 11.5 Å². The Kier molecular flexibility index (Phi) is 7.36. The number of methoxy groups -OCH3 is 1. The Morgan fingerprint density at radius 1 is 1.09 bits per heavy atom. The number of carbonyl (C=O) groups is 1. The van der Waals surface area contributed by atoms with Gasteiger partial charge in [0.1, 0.15) is 11.4 Å². The molecule has 0 atom stereocenters. The molecule has 8 heteroatoms. The first-order valence-corrected chi connectivity index (χ1v) is 11.7. The van der Waals surface area contributed by atoms with Gasteiger partial charge in [0.25, 0.3) is 5.56 Å². The molecule has 4 rings (SSSR count). The zero-order chi connectivity index (χ0) is 24.9. The molecule has 2 N–H and O–H groups in total. The number of anilines is 1. The normalized spacial score (nSPS) is 10.9. The van der Waals surface area contributed by atoms with Gasteiger partial charge in [0.05, 0.1) is 18.1 Å². The van der Waals surface area contributed by atoms with E-state index in [0.29, 0.717) is 47.7 Å². The van der Waals surface area contributed by atoms with E-state index < -0.39 is 0 Å². The molecule has 1 heterocycles. The number of fused-ring (bicyclic) bond motifs is 1. The SMILES string of the molecule is COc1ccc(-c2nc3ccc(NCc4ccc(Cl)c(C)c4)cc3n(CCNC(C)=O)c2=O)cc1. The first-order valence-electron chi connectivity index (χ1n) is 11.3. The smallest absolute Gasteiger partial charge is 0.277 e. The third-order valence-electron chi connectivity index (χ3n) is 5.74. The number of nitrogens with zero attached hydrogens (tertiary/aromatic N) is 2. The highest BCUT2D eigenvalue weighted by Gasteiger charge is 2.14. The van der Waals surface area contributed by atoms with E-state index in [0.717, 1.165) is 21.8 Å². The number of hydrogen-bond donors (Lipinski definition) is 2. The Morgan fingerprint density at radius 3 is 2.54 bits per heavy atom. The van der Waals surface area contributed by atoms with Gasteiger partial charge in [0.15, 0.2) is 0 Å². The number of aryl methyl sites for hydroxylation is 1. The molecular formula is C27H27ClN4O3. The van der Waals surface area contributed by atoms with Gasteiger partial charge < -0.3 is 19.9 Å². The van der Waals surface area contributed by atoms with Crippen molar-refractivity contribution in [2.75, 3.05) is 19.0 Å². The molecule has 4 aromatic rings. The Bertz CT molecular complexity index is 1430. The van der Waals surface area contributed by atoms with Gasteiger partial charge in [0, 0.05) is 42.8 Å². The monoisotopic (exact) mass is 490 g/mol. The van der Waals surface area contributed by atoms with E-state index in [1.54, 1.807) is 23.8 Å². The molecule has 0 aliphatic heterocycles. The summed E-state index contributed by atoms with van der Waals surface area (Å²) in [6, 6.07) is 18.9. The van der Waals surface area contributed by atoms with Gasteiger partial charge in [-0.05, 0) is 66.6 Å². The summed E-state index contributed by atoms with van der Waals surface area (Å²) >= 11 is 6.14. The lowest BCUT2D eigenvalue weighted by molar-refractivity contribution is -0.118. The second-order valence-corrected chi connectivity index (χ2v) is 8.68. The van der Waals surface area contributed by atoms with Crippen molar-refractivity contribution in [2.24, 2.45) is 0 Å². The molecule has 180 valence electrons. The molecule has 0 saturated carbocycles. The molecule has 1 amide bonds. The van der Waals surface area contributed by atoms with Crippen molar-refractivity contribution in [2.45, 2.75) is 26.9 Å². The standard InChI is InChI=1S/C27H27ClN4O3/c1-17-14-19(4-10-23(17)28)16-30-21-7-11-24-25(15-21)32(13-12-29-18(2)33)27(34)26(31-24)20-5-8-22(35-3)9-6-20/h4-11,14-15,30H,12-13,16H2,1-3H3,(H,29,33). The number of hydrogen-bond acceptors (Lipinski definition) is 5. The Labute approximate surface area is 208 Å². The first kappa shape index (κ1) is 24.3. The number of ether oxygens (including phenoxy) is 1. The van der Waals surface area contributed by atoms with Crippen molar-refractivity contribution in [1.82, 2.24) is 14.9 Å². The zero-order valence-electron chi connectivity index (χ0n) is 19.9. The minimum absolute atomic E-state index is 0.146. The van der Waals surface area contributed by atoms with E-state index in [1.807, 2.05) is 55.5 Å². The van der Waals surface area contributed by atoms with Gasteiger partial charge in [-0.3, -0.25) is 9.59 Å². The van der Waals surface area contributed by atoms with Crippen LogP contribution in [0.25, 0.3) is 22.3 Å². The fourth-order valence-corrected chi connectivity index (χ4v) is 3.99. The number of nitrogens with one attached hydrogen (secondary N) is 2. The Morgan fingerprint density at radius 2 is 1.86 bits per heavy atom. The summed E-state index contributed by atoms with van der Waals surface area (Å²) in [6.07, 6.45) is 0. The number of rotatable bonds is 8. The molecule has 1 aromatic heterocycles. The van der Waals surface area contributed by atoms with Crippen molar-refractivity contribution in [3.05, 3.63) is 87.2 Å². The summed E-state index contributed by atoms with van der Waals surface area (Å²) in [4.78, 5) is 29.6. The van der Waals surface area contributed by atoms with Crippen molar-refractivity contribution in [3.8, 4) is 17.0 Å². The van der Waals surface area contributed by atoms with Crippen molar-refractivity contribution in [1.29, 1.82) is 0 Å². The van der Waals surface area contributed by atoms with Crippen LogP contribution in [0, 0.1) is 6.92 Å². The zero-order valence-corrected chi connectivity index (χ0v) is 20.6. The second-order valence-electron chi connectivity index (χ2n) is 8.27. The predicted molar refractivity (Wildman–Crippen MR) is 140 cm³/mol. The van der Waals surface area contributed by atoms with Crippen LogP contribution >= 0.6 is 11.6 Å². The quantitative estimate of drug-likeness (QED) is 0.371. The van der Waals surface area contributed by atoms with Gasteiger partial charge in [-0.1, -0.05) is 23.7 Å². The minimum atomic E-state index is -0.224. The van der Waals surface area contributed by atoms with Gasteiger partial charge in [0.2, 0.25) is 5.91 Å². The predicted octanol–water partition coefficient (Wildman–Crippen LogP) is 4.78. The van der Waals surface area contributed by atoms with Gasteiger partial charge in [-0.25, -0.2) is 4.98 Å². The summed E-state index contributed by atoms with van der Waals surface area (Å²) in [5.41, 5.74) is 5.18. The van der Waals surface area contributed by atoms with E-state index in [1.165, 1.54) is 6.92 Å². The van der Waals surface area contributed by atoms with Crippen LogP contribution < -0.4 is 20.9 Å². The molecule has 0 aliphatic rings. The molecule has 0 unspecified atom stereocenters. The molecule has 0 radical (unpaired) electrons. The summed E-state index contributed by atoms with van der Waals surface area (Å²) in [5, 5.41) is 6.92. The minimum Gasteiger partial charge on any atom is -0.497 e. The molecule has 0 spiro atoms. The fraction of sp³-hybridized carbons (Fsp3) is 0.222. The lowest BCUT2D eigenvalue weighted by Crippen LogP contribution is -2.31. The Balaban J connectivity index is 1.71. The number of halogens is 1. The third kappa shape index (κ3) is 5.63. The number of aromatic nitrogens is 2. The molecule has 35 heavy (non-hydrogen) atoms. The van der Waals surface area contributed by atoms with Gasteiger partial charge in [-0.15, -0.1) is 0 Å². The maximum atomic E-state index is 13.5. The Hall–Kier alpha value is -3.84. The first-order chi connectivity index (χ1) is 16.9. The maximum Gasteiger partial charge on any atom is 0.277 e. The fourth-order valence-electron chi connectivity index (χ4n) is 3.87. The third-order valence-corrected chi connectivity index (χ3v) is 6.16. The van der Waals surface area contributed by atoms with Crippen LogP contribution in [-0.4, -0.2) is 29.1 Å². The topological polar surface area (TPSA) is 85.2 Å². The highest BCUT2D eigenvalue weighted by molar-refractivity contribution is 6.31. The van der Waals surface area contributed by atoms with Crippen molar-refractivity contribution >= 4 is 34.2 Å². The molecular weight excluding hydrogens is 464 g/mol. The summed E-state index contributed by atoms with van der Waals surface area (Å²) in [5.74, 6) is 0.555. The number of carbonyl (C=O) groups excluding carboxylic acids is 1. The number of amides is 1. The van der Waals surface area contributed by atoms with Crippen LogP contribution in [0.2, 0.25) is 5.02 Å². The highest BCUT2D eigenvalue weighted by atomic mass is 35.5. The largest absolute Gasteiger partial charge is 0.497 e. The summed E-state index contributed by atoms with van der Waals surface area (Å²) in [6.45, 7) is 4.69. The average Bonchev–Trinajstić information content (AvgIpc) is 2.85. The van der Waals surface area contributed by atoms with Gasteiger partial charge in [-0.2, -0.15) is 0 Å². The van der Waals surface area contributed by atoms with E-state index in [4.69, 9.17) is 16.3 Å². The lowest BCUT2D eigenvalue weighted by Gasteiger charge is -2.15. The molecule has 0 fully saturated rings. The van der Waals surface area contributed by atoms with Crippen LogP contribution in [0.4, 0.5) is 5.69 Å². The van der Waals surface area contributed by atoms with Crippen LogP contribution in [0.3, 0.4) is 0 Å². The lowest BCUT2D eigenvalue weighted by atomic mass is 10.1. The maximum absolute atomic E-state index is 13.5. The number of benzene rings is 3. The van der Waals surface area contributed by atoms with E-state index in [9.17, 15) is 9.59 Å². The van der Waals surface area contributed by atoms with E-state index >= 15 is 0 Å².